The van der Waals surface area contributed by atoms with Crippen molar-refractivity contribution in [3.63, 3.8) is 0 Å². The van der Waals surface area contributed by atoms with E-state index in [4.69, 9.17) is 9.72 Å². The molecule has 0 radical (unpaired) electrons. The van der Waals surface area contributed by atoms with E-state index in [0.717, 1.165) is 29.6 Å². The van der Waals surface area contributed by atoms with Gasteiger partial charge in [0.05, 0.1) is 29.0 Å². The van der Waals surface area contributed by atoms with Gasteiger partial charge in [-0.05, 0) is 44.6 Å². The predicted molar refractivity (Wildman–Crippen MR) is 134 cm³/mol. The molecule has 1 atom stereocenters. The predicted octanol–water partition coefficient (Wildman–Crippen LogP) is 3.22. The minimum Gasteiger partial charge on any atom is -0.458 e. The fourth-order valence-electron chi connectivity index (χ4n) is 4.91. The summed E-state index contributed by atoms with van der Waals surface area (Å²) in [4.78, 5) is 32.8. The van der Waals surface area contributed by atoms with E-state index in [1.807, 2.05) is 7.05 Å². The van der Waals surface area contributed by atoms with Crippen molar-refractivity contribution in [3.8, 4) is 23.2 Å². The smallest absolute Gasteiger partial charge is 0.343 e. The van der Waals surface area contributed by atoms with Crippen LogP contribution in [0.3, 0.4) is 0 Å². The third-order valence-electron chi connectivity index (χ3n) is 7.34. The first-order valence-corrected chi connectivity index (χ1v) is 12.2. The fourth-order valence-corrected chi connectivity index (χ4v) is 4.91. The number of carbonyl (C=O) groups is 1. The van der Waals surface area contributed by atoms with Gasteiger partial charge >= 0.3 is 5.97 Å². The second-order valence-corrected chi connectivity index (χ2v) is 9.48. The highest BCUT2D eigenvalue weighted by Gasteiger charge is 2.45. The molecular weight excluding hydrogens is 461 g/mol. The molecule has 5 rings (SSSR count). The number of fused-ring (bicyclic) bond motifs is 5. The molecule has 36 heavy (non-hydrogen) atoms. The van der Waals surface area contributed by atoms with Crippen LogP contribution in [-0.4, -0.2) is 45.7 Å². The van der Waals surface area contributed by atoms with Crippen molar-refractivity contribution < 1.29 is 19.0 Å². The zero-order chi connectivity index (χ0) is 25.8. The highest BCUT2D eigenvalue weighted by molar-refractivity contribution is 5.92. The van der Waals surface area contributed by atoms with Gasteiger partial charge in [-0.25, -0.2) is 14.2 Å². The number of halogens is 1. The van der Waals surface area contributed by atoms with Gasteiger partial charge in [-0.1, -0.05) is 25.7 Å². The molecule has 0 unspecified atom stereocenters. The molecule has 186 valence electrons. The van der Waals surface area contributed by atoms with Crippen LogP contribution in [0.1, 0.15) is 54.5 Å². The quantitative estimate of drug-likeness (QED) is 0.350. The SMILES string of the molecule is CCN(C)CCC#Cc1c2c(nc3cc(F)c(C)cc13)-c1cc3c(c(=O)n1C2)COC(=O)[C@]3(O)CC. The number of esters is 1. The summed E-state index contributed by atoms with van der Waals surface area (Å²) in [6.45, 7) is 7.24. The normalized spacial score (nSPS) is 17.9. The minimum atomic E-state index is -1.90. The van der Waals surface area contributed by atoms with Gasteiger partial charge < -0.3 is 19.3 Å². The van der Waals surface area contributed by atoms with Crippen molar-refractivity contribution >= 4 is 16.9 Å². The van der Waals surface area contributed by atoms with Gasteiger partial charge in [0.1, 0.15) is 12.4 Å². The Morgan fingerprint density at radius 3 is 2.75 bits per heavy atom. The summed E-state index contributed by atoms with van der Waals surface area (Å²) in [6, 6.07) is 4.79. The van der Waals surface area contributed by atoms with Crippen LogP contribution in [0.5, 0.6) is 0 Å². The number of benzene rings is 1. The van der Waals surface area contributed by atoms with E-state index >= 15 is 0 Å². The molecule has 0 aliphatic carbocycles. The molecular formula is C28H28FN3O4. The number of ether oxygens (including phenoxy) is 1. The van der Waals surface area contributed by atoms with Crippen LogP contribution in [0.2, 0.25) is 0 Å². The van der Waals surface area contributed by atoms with Crippen molar-refractivity contribution in [2.75, 3.05) is 20.1 Å². The standard InChI is InChI=1S/C28H28FN3O4/c1-5-28(35)21-12-24-25-19(14-32(24)26(33)20(21)15-36-27(28)34)17(9-7-8-10-31(4)6-2)18-11-16(3)22(29)13-23(18)30-25/h11-13,35H,5-6,8,10,14-15H2,1-4H3/t28-/m0/s1. The first-order valence-electron chi connectivity index (χ1n) is 12.2. The molecule has 3 aromatic rings. The third kappa shape index (κ3) is 3.62. The Labute approximate surface area is 208 Å². The highest BCUT2D eigenvalue weighted by atomic mass is 19.1. The average molecular weight is 490 g/mol. The van der Waals surface area contributed by atoms with Gasteiger partial charge in [-0.15, -0.1) is 0 Å². The van der Waals surface area contributed by atoms with Crippen LogP contribution in [0, 0.1) is 24.6 Å². The maximum absolute atomic E-state index is 14.5. The van der Waals surface area contributed by atoms with E-state index in [1.165, 1.54) is 6.07 Å². The van der Waals surface area contributed by atoms with Crippen molar-refractivity contribution in [2.24, 2.45) is 0 Å². The fraction of sp³-hybridized carbons (Fsp3) is 0.393. The summed E-state index contributed by atoms with van der Waals surface area (Å²) in [6.07, 6.45) is 0.723. The van der Waals surface area contributed by atoms with Gasteiger partial charge in [-0.2, -0.15) is 0 Å². The highest BCUT2D eigenvalue weighted by Crippen LogP contribution is 2.40. The number of pyridine rings is 2. The molecule has 1 aromatic carbocycles. The molecule has 2 aromatic heterocycles. The van der Waals surface area contributed by atoms with Crippen LogP contribution in [0.25, 0.3) is 22.3 Å². The first-order chi connectivity index (χ1) is 17.2. The number of nitrogens with zero attached hydrogens (tertiary/aromatic N) is 3. The molecule has 0 spiro atoms. The van der Waals surface area contributed by atoms with E-state index in [-0.39, 0.29) is 42.1 Å². The maximum atomic E-state index is 14.5. The number of rotatable bonds is 4. The monoisotopic (exact) mass is 489 g/mol. The lowest BCUT2D eigenvalue weighted by Crippen LogP contribution is -2.44. The van der Waals surface area contributed by atoms with E-state index in [9.17, 15) is 19.1 Å². The number of hydrogen-bond acceptors (Lipinski definition) is 6. The Morgan fingerprint density at radius 1 is 1.25 bits per heavy atom. The number of carbonyl (C=O) groups excluding carboxylic acids is 1. The summed E-state index contributed by atoms with van der Waals surface area (Å²) < 4.78 is 21.2. The molecule has 8 heteroatoms. The first kappa shape index (κ1) is 24.2. The van der Waals surface area contributed by atoms with Crippen molar-refractivity contribution in [2.45, 2.75) is 52.4 Å². The van der Waals surface area contributed by atoms with Gasteiger partial charge in [-0.3, -0.25) is 4.79 Å². The van der Waals surface area contributed by atoms with E-state index in [2.05, 4.69) is 23.7 Å². The summed E-state index contributed by atoms with van der Waals surface area (Å²) in [5.74, 6) is 5.39. The number of aryl methyl sites for hydroxylation is 1. The maximum Gasteiger partial charge on any atom is 0.343 e. The van der Waals surface area contributed by atoms with Gasteiger partial charge in [0.25, 0.3) is 5.56 Å². The zero-order valence-corrected chi connectivity index (χ0v) is 20.9. The van der Waals surface area contributed by atoms with Gasteiger partial charge in [0.15, 0.2) is 5.60 Å². The number of aliphatic hydroxyl groups is 1. The zero-order valence-electron chi connectivity index (χ0n) is 20.9. The Morgan fingerprint density at radius 2 is 2.03 bits per heavy atom. The number of cyclic esters (lactones) is 1. The lowest BCUT2D eigenvalue weighted by Gasteiger charge is -2.31. The molecule has 4 heterocycles. The lowest BCUT2D eigenvalue weighted by atomic mass is 9.86. The lowest BCUT2D eigenvalue weighted by molar-refractivity contribution is -0.172. The van der Waals surface area contributed by atoms with E-state index < -0.39 is 11.6 Å². The van der Waals surface area contributed by atoms with Crippen LogP contribution >= 0.6 is 0 Å². The molecule has 7 nitrogen and oxygen atoms in total. The summed E-state index contributed by atoms with van der Waals surface area (Å²) in [7, 11) is 2.03. The van der Waals surface area contributed by atoms with Gasteiger partial charge in [0, 0.05) is 41.1 Å². The minimum absolute atomic E-state index is 0.0627. The summed E-state index contributed by atoms with van der Waals surface area (Å²) in [5, 5.41) is 11.8. The molecule has 0 saturated heterocycles. The van der Waals surface area contributed by atoms with Crippen molar-refractivity contribution in [1.29, 1.82) is 0 Å². The molecule has 2 aliphatic rings. The Balaban J connectivity index is 1.74. The second-order valence-electron chi connectivity index (χ2n) is 9.48. The molecule has 0 amide bonds. The third-order valence-corrected chi connectivity index (χ3v) is 7.34. The topological polar surface area (TPSA) is 84.7 Å². The average Bonchev–Trinajstić information content (AvgIpc) is 3.23. The number of aromatic nitrogens is 2. The van der Waals surface area contributed by atoms with Gasteiger partial charge in [0.2, 0.25) is 0 Å². The molecule has 2 aliphatic heterocycles. The van der Waals surface area contributed by atoms with Crippen molar-refractivity contribution in [1.82, 2.24) is 14.5 Å². The summed E-state index contributed by atoms with van der Waals surface area (Å²) in [5.41, 5.74) is 1.68. The second kappa shape index (κ2) is 8.84. The largest absolute Gasteiger partial charge is 0.458 e. The molecule has 0 bridgehead atoms. The molecule has 0 fully saturated rings. The van der Waals surface area contributed by atoms with Crippen LogP contribution < -0.4 is 5.56 Å². The van der Waals surface area contributed by atoms with E-state index in [0.29, 0.717) is 28.9 Å². The van der Waals surface area contributed by atoms with Crippen LogP contribution in [0.15, 0.2) is 23.0 Å². The van der Waals surface area contributed by atoms with E-state index in [1.54, 1.807) is 30.5 Å². The Kier molecular flexibility index (Phi) is 5.93. The Bertz CT molecular complexity index is 1550. The molecule has 0 saturated carbocycles. The Hall–Kier alpha value is -3.54. The van der Waals surface area contributed by atoms with Crippen LogP contribution in [-0.2, 0) is 28.3 Å². The van der Waals surface area contributed by atoms with Crippen LogP contribution in [0.4, 0.5) is 4.39 Å². The number of hydrogen-bond donors (Lipinski definition) is 1. The van der Waals surface area contributed by atoms with Crippen molar-refractivity contribution in [3.05, 3.63) is 62.2 Å². The summed E-state index contributed by atoms with van der Waals surface area (Å²) >= 11 is 0. The molecule has 1 N–H and O–H groups in total.